The van der Waals surface area contributed by atoms with E-state index in [-0.39, 0.29) is 23.4 Å². The van der Waals surface area contributed by atoms with Crippen LogP contribution in [0.2, 0.25) is 0 Å². The van der Waals surface area contributed by atoms with Crippen molar-refractivity contribution in [3.05, 3.63) is 41.4 Å². The Balaban J connectivity index is 1.81. The van der Waals surface area contributed by atoms with E-state index < -0.39 is 5.25 Å². The molecule has 0 bridgehead atoms. The van der Waals surface area contributed by atoms with Crippen molar-refractivity contribution in [3.63, 3.8) is 0 Å². The van der Waals surface area contributed by atoms with Crippen molar-refractivity contribution in [1.82, 2.24) is 5.16 Å². The fourth-order valence-corrected chi connectivity index (χ4v) is 2.57. The fraction of sp³-hybridized carbons (Fsp3) is 0.312. The number of anilines is 2. The molecular formula is C16H18FN3O3S. The Kier molecular flexibility index (Phi) is 5.97. The monoisotopic (exact) mass is 351 g/mol. The number of aromatic nitrogens is 1. The van der Waals surface area contributed by atoms with Gasteiger partial charge in [-0.15, -0.1) is 11.8 Å². The van der Waals surface area contributed by atoms with E-state index in [0.29, 0.717) is 22.8 Å². The van der Waals surface area contributed by atoms with Gasteiger partial charge in [-0.1, -0.05) is 5.16 Å². The van der Waals surface area contributed by atoms with Gasteiger partial charge in [-0.25, -0.2) is 4.39 Å². The molecular weight excluding hydrogens is 333 g/mol. The molecule has 128 valence electrons. The third kappa shape index (κ3) is 5.09. The summed E-state index contributed by atoms with van der Waals surface area (Å²) in [6.07, 6.45) is 0. The summed E-state index contributed by atoms with van der Waals surface area (Å²) in [4.78, 5) is 24.0. The number of halogens is 1. The highest BCUT2D eigenvalue weighted by Gasteiger charge is 2.17. The maximum absolute atomic E-state index is 13.0. The second-order valence-electron chi connectivity index (χ2n) is 5.27. The van der Waals surface area contributed by atoms with Crippen LogP contribution in [-0.4, -0.2) is 28.0 Å². The Morgan fingerprint density at radius 2 is 2.04 bits per heavy atom. The number of nitrogens with zero attached hydrogens (tertiary/aromatic N) is 1. The molecule has 1 heterocycles. The van der Waals surface area contributed by atoms with E-state index >= 15 is 0 Å². The topological polar surface area (TPSA) is 84.2 Å². The first-order valence-electron chi connectivity index (χ1n) is 7.27. The number of amides is 2. The van der Waals surface area contributed by atoms with Gasteiger partial charge in [0.25, 0.3) is 0 Å². The Bertz CT molecular complexity index is 748. The largest absolute Gasteiger partial charge is 0.360 e. The van der Waals surface area contributed by atoms with Crippen LogP contribution in [0.25, 0.3) is 0 Å². The quantitative estimate of drug-likeness (QED) is 0.835. The minimum absolute atomic E-state index is 0.100. The molecule has 2 aromatic rings. The van der Waals surface area contributed by atoms with Crippen molar-refractivity contribution >= 4 is 35.1 Å². The van der Waals surface area contributed by atoms with E-state index in [1.165, 1.54) is 30.0 Å². The van der Waals surface area contributed by atoms with Gasteiger partial charge in [0.05, 0.1) is 11.0 Å². The number of benzene rings is 1. The van der Waals surface area contributed by atoms with Crippen LogP contribution in [-0.2, 0) is 9.59 Å². The van der Waals surface area contributed by atoms with Crippen LogP contribution < -0.4 is 10.6 Å². The van der Waals surface area contributed by atoms with Crippen LogP contribution in [0.3, 0.4) is 0 Å². The number of rotatable bonds is 6. The summed E-state index contributed by atoms with van der Waals surface area (Å²) in [5.74, 6) is 0.165. The lowest BCUT2D eigenvalue weighted by atomic mass is 10.2. The zero-order valence-corrected chi connectivity index (χ0v) is 14.4. The first-order valence-corrected chi connectivity index (χ1v) is 8.32. The number of hydrogen-bond acceptors (Lipinski definition) is 5. The van der Waals surface area contributed by atoms with Crippen LogP contribution in [0.15, 0.2) is 28.8 Å². The maximum atomic E-state index is 13.0. The summed E-state index contributed by atoms with van der Waals surface area (Å²) in [6, 6.07) is 5.75. The molecule has 1 unspecified atom stereocenters. The Morgan fingerprint density at radius 1 is 1.29 bits per heavy atom. The summed E-state index contributed by atoms with van der Waals surface area (Å²) in [5, 5.41) is 8.55. The van der Waals surface area contributed by atoms with Crippen molar-refractivity contribution in [3.8, 4) is 0 Å². The summed E-state index contributed by atoms with van der Waals surface area (Å²) in [6.45, 7) is 5.13. The molecule has 1 aromatic heterocycles. The SMILES string of the molecule is Cc1cc(NC(=O)C(C)SCC(=O)Nc2ccc(F)cc2C)no1. The van der Waals surface area contributed by atoms with Gasteiger partial charge in [0.2, 0.25) is 11.8 Å². The average molecular weight is 351 g/mol. The molecule has 2 N–H and O–H groups in total. The Labute approximate surface area is 143 Å². The minimum Gasteiger partial charge on any atom is -0.360 e. The van der Waals surface area contributed by atoms with Crippen molar-refractivity contribution in [2.75, 3.05) is 16.4 Å². The van der Waals surface area contributed by atoms with Crippen molar-refractivity contribution in [1.29, 1.82) is 0 Å². The normalized spacial score (nSPS) is 11.8. The van der Waals surface area contributed by atoms with Crippen LogP contribution in [0.5, 0.6) is 0 Å². The van der Waals surface area contributed by atoms with Gasteiger partial charge in [-0.3, -0.25) is 9.59 Å². The predicted octanol–water partition coefficient (Wildman–Crippen LogP) is 3.13. The zero-order chi connectivity index (χ0) is 17.7. The Hall–Kier alpha value is -2.35. The van der Waals surface area contributed by atoms with Crippen molar-refractivity contribution < 1.29 is 18.5 Å². The summed E-state index contributed by atoms with van der Waals surface area (Å²) >= 11 is 1.19. The second kappa shape index (κ2) is 7.96. The lowest BCUT2D eigenvalue weighted by Crippen LogP contribution is -2.25. The lowest BCUT2D eigenvalue weighted by molar-refractivity contribution is -0.115. The standard InChI is InChI=1S/C16H18FN3O3S/c1-9-6-12(17)4-5-13(9)18-15(21)8-24-11(3)16(22)19-14-7-10(2)23-20-14/h4-7,11H,8H2,1-3H3,(H,18,21)(H,19,20,22). The zero-order valence-electron chi connectivity index (χ0n) is 13.6. The fourth-order valence-electron chi connectivity index (χ4n) is 1.88. The summed E-state index contributed by atoms with van der Waals surface area (Å²) in [5.41, 5.74) is 1.19. The van der Waals surface area contributed by atoms with Gasteiger partial charge < -0.3 is 15.2 Å². The third-order valence-corrected chi connectivity index (χ3v) is 4.32. The molecule has 24 heavy (non-hydrogen) atoms. The average Bonchev–Trinajstić information content (AvgIpc) is 2.92. The number of nitrogens with one attached hydrogen (secondary N) is 2. The summed E-state index contributed by atoms with van der Waals surface area (Å²) in [7, 11) is 0. The highest BCUT2D eigenvalue weighted by Crippen LogP contribution is 2.18. The molecule has 1 aromatic carbocycles. The molecule has 8 heteroatoms. The van der Waals surface area contributed by atoms with Gasteiger partial charge in [-0.05, 0) is 44.5 Å². The molecule has 0 aliphatic heterocycles. The molecule has 0 radical (unpaired) electrons. The number of aryl methyl sites for hydroxylation is 2. The second-order valence-corrected chi connectivity index (χ2v) is 6.60. The first kappa shape index (κ1) is 18.0. The lowest BCUT2D eigenvalue weighted by Gasteiger charge is -2.11. The number of thioether (sulfide) groups is 1. The smallest absolute Gasteiger partial charge is 0.238 e. The Morgan fingerprint density at radius 3 is 2.67 bits per heavy atom. The third-order valence-electron chi connectivity index (χ3n) is 3.18. The molecule has 0 saturated heterocycles. The van der Waals surface area contributed by atoms with Crippen LogP contribution in [0.1, 0.15) is 18.2 Å². The van der Waals surface area contributed by atoms with Crippen molar-refractivity contribution in [2.24, 2.45) is 0 Å². The van der Waals surface area contributed by atoms with Crippen molar-refractivity contribution in [2.45, 2.75) is 26.0 Å². The first-order chi connectivity index (χ1) is 11.3. The van der Waals surface area contributed by atoms with Gasteiger partial charge in [0, 0.05) is 11.8 Å². The maximum Gasteiger partial charge on any atom is 0.238 e. The van der Waals surface area contributed by atoms with Crippen LogP contribution >= 0.6 is 11.8 Å². The highest BCUT2D eigenvalue weighted by molar-refractivity contribution is 8.01. The number of carbonyl (C=O) groups excluding carboxylic acids is 2. The molecule has 0 aliphatic rings. The molecule has 6 nitrogen and oxygen atoms in total. The summed E-state index contributed by atoms with van der Waals surface area (Å²) < 4.78 is 17.9. The number of hydrogen-bond donors (Lipinski definition) is 2. The minimum atomic E-state index is -0.443. The molecule has 2 amide bonds. The molecule has 1 atom stereocenters. The molecule has 0 aliphatic carbocycles. The molecule has 2 rings (SSSR count). The molecule has 0 saturated carbocycles. The highest BCUT2D eigenvalue weighted by atomic mass is 32.2. The van der Waals surface area contributed by atoms with Gasteiger partial charge in [0.15, 0.2) is 5.82 Å². The van der Waals surface area contributed by atoms with E-state index in [9.17, 15) is 14.0 Å². The van der Waals surface area contributed by atoms with E-state index in [1.807, 2.05) is 0 Å². The van der Waals surface area contributed by atoms with Gasteiger partial charge in [-0.2, -0.15) is 0 Å². The number of carbonyl (C=O) groups is 2. The molecule has 0 spiro atoms. The van der Waals surface area contributed by atoms with E-state index in [1.54, 1.807) is 26.8 Å². The van der Waals surface area contributed by atoms with Crippen LogP contribution in [0, 0.1) is 19.7 Å². The van der Waals surface area contributed by atoms with Gasteiger partial charge in [0.1, 0.15) is 11.6 Å². The van der Waals surface area contributed by atoms with Gasteiger partial charge >= 0.3 is 0 Å². The predicted molar refractivity (Wildman–Crippen MR) is 91.6 cm³/mol. The molecule has 0 fully saturated rings. The van der Waals surface area contributed by atoms with E-state index in [0.717, 1.165) is 0 Å². The van der Waals surface area contributed by atoms with E-state index in [4.69, 9.17) is 4.52 Å². The van der Waals surface area contributed by atoms with Crippen LogP contribution in [0.4, 0.5) is 15.9 Å². The van der Waals surface area contributed by atoms with E-state index in [2.05, 4.69) is 15.8 Å².